The summed E-state index contributed by atoms with van der Waals surface area (Å²) in [5, 5.41) is 0. The summed E-state index contributed by atoms with van der Waals surface area (Å²) >= 11 is 0. The van der Waals surface area contributed by atoms with E-state index in [0.29, 0.717) is 5.92 Å². The Morgan fingerprint density at radius 2 is 1.42 bits per heavy atom. The van der Waals surface area contributed by atoms with Crippen molar-refractivity contribution >= 4 is 0 Å². The number of allylic oxidation sites excluding steroid dienone is 1. The normalized spacial score (nSPS) is 30.9. The Morgan fingerprint density at radius 3 is 2.00 bits per heavy atom. The molecule has 132 valence electrons. The van der Waals surface area contributed by atoms with Crippen molar-refractivity contribution in [1.82, 2.24) is 0 Å². The predicted molar refractivity (Wildman–Crippen MR) is 95.8 cm³/mol. The SMILES string of the molecule is C=CC1CCC(CC2CCC(Cc3ccc(F)c(F)c3)CC2)CC1. The van der Waals surface area contributed by atoms with Crippen molar-refractivity contribution in [3.8, 4) is 0 Å². The zero-order valence-electron chi connectivity index (χ0n) is 14.7. The van der Waals surface area contributed by atoms with Crippen LogP contribution < -0.4 is 0 Å². The van der Waals surface area contributed by atoms with Crippen molar-refractivity contribution in [1.29, 1.82) is 0 Å². The largest absolute Gasteiger partial charge is 0.204 e. The molecule has 2 fully saturated rings. The molecule has 2 aliphatic carbocycles. The zero-order chi connectivity index (χ0) is 16.9. The Balaban J connectivity index is 1.41. The van der Waals surface area contributed by atoms with Gasteiger partial charge in [0.25, 0.3) is 0 Å². The van der Waals surface area contributed by atoms with Crippen molar-refractivity contribution in [2.75, 3.05) is 0 Å². The number of halogens is 2. The molecular weight excluding hydrogens is 302 g/mol. The fraction of sp³-hybridized carbons (Fsp3) is 0.636. The lowest BCUT2D eigenvalue weighted by Gasteiger charge is -2.33. The van der Waals surface area contributed by atoms with Crippen LogP contribution in [-0.4, -0.2) is 0 Å². The van der Waals surface area contributed by atoms with Gasteiger partial charge >= 0.3 is 0 Å². The molecule has 2 saturated carbocycles. The Bertz CT molecular complexity index is 535. The Morgan fingerprint density at radius 1 is 0.833 bits per heavy atom. The van der Waals surface area contributed by atoms with E-state index in [1.54, 1.807) is 6.07 Å². The van der Waals surface area contributed by atoms with Crippen LogP contribution in [0.1, 0.15) is 63.4 Å². The minimum Gasteiger partial charge on any atom is -0.204 e. The smallest absolute Gasteiger partial charge is 0.159 e. The molecule has 0 radical (unpaired) electrons. The molecule has 1 aromatic carbocycles. The van der Waals surface area contributed by atoms with Gasteiger partial charge < -0.3 is 0 Å². The van der Waals surface area contributed by atoms with Gasteiger partial charge in [0.2, 0.25) is 0 Å². The summed E-state index contributed by atoms with van der Waals surface area (Å²) in [5.41, 5.74) is 0.945. The molecule has 0 saturated heterocycles. The lowest BCUT2D eigenvalue weighted by atomic mass is 9.72. The van der Waals surface area contributed by atoms with Crippen LogP contribution in [0, 0.1) is 35.3 Å². The highest BCUT2D eigenvalue weighted by molar-refractivity contribution is 5.18. The van der Waals surface area contributed by atoms with Gasteiger partial charge in [-0.1, -0.05) is 25.0 Å². The quantitative estimate of drug-likeness (QED) is 0.526. The van der Waals surface area contributed by atoms with Crippen molar-refractivity contribution in [3.05, 3.63) is 48.1 Å². The van der Waals surface area contributed by atoms with Gasteiger partial charge in [0.05, 0.1) is 0 Å². The summed E-state index contributed by atoms with van der Waals surface area (Å²) in [7, 11) is 0. The lowest BCUT2D eigenvalue weighted by Crippen LogP contribution is -2.21. The van der Waals surface area contributed by atoms with E-state index in [1.165, 1.54) is 69.9 Å². The predicted octanol–water partition coefficient (Wildman–Crippen LogP) is 6.70. The molecule has 3 rings (SSSR count). The summed E-state index contributed by atoms with van der Waals surface area (Å²) in [4.78, 5) is 0. The Hall–Kier alpha value is -1.18. The van der Waals surface area contributed by atoms with E-state index in [9.17, 15) is 8.78 Å². The molecule has 24 heavy (non-hydrogen) atoms. The first-order chi connectivity index (χ1) is 11.6. The fourth-order valence-corrected chi connectivity index (χ4v) is 4.80. The molecule has 1 aromatic rings. The molecule has 0 N–H and O–H groups in total. The summed E-state index contributed by atoms with van der Waals surface area (Å²) in [5.74, 6) is 1.76. The second-order valence-corrected chi connectivity index (χ2v) is 8.09. The van der Waals surface area contributed by atoms with Gasteiger partial charge in [-0.2, -0.15) is 0 Å². The van der Waals surface area contributed by atoms with Crippen LogP contribution in [0.15, 0.2) is 30.9 Å². The van der Waals surface area contributed by atoms with Crippen molar-refractivity contribution in [2.24, 2.45) is 23.7 Å². The third-order valence-corrected chi connectivity index (χ3v) is 6.37. The molecule has 2 aliphatic rings. The second kappa shape index (κ2) is 8.27. The van der Waals surface area contributed by atoms with Gasteiger partial charge in [-0.25, -0.2) is 8.78 Å². The Labute approximate surface area is 145 Å². The highest BCUT2D eigenvalue weighted by Gasteiger charge is 2.26. The van der Waals surface area contributed by atoms with Gasteiger partial charge in [0.1, 0.15) is 0 Å². The van der Waals surface area contributed by atoms with Crippen LogP contribution in [-0.2, 0) is 6.42 Å². The second-order valence-electron chi connectivity index (χ2n) is 8.09. The minimum absolute atomic E-state index is 0.641. The van der Waals surface area contributed by atoms with E-state index < -0.39 is 11.6 Å². The van der Waals surface area contributed by atoms with Gasteiger partial charge in [0, 0.05) is 0 Å². The molecule has 0 amide bonds. The molecule has 0 aromatic heterocycles. The highest BCUT2D eigenvalue weighted by atomic mass is 19.2. The fourth-order valence-electron chi connectivity index (χ4n) is 4.80. The summed E-state index contributed by atoms with van der Waals surface area (Å²) in [6.07, 6.45) is 15.0. The molecule has 0 atom stereocenters. The average Bonchev–Trinajstić information content (AvgIpc) is 2.61. The number of rotatable bonds is 5. The molecule has 0 aliphatic heterocycles. The molecule has 2 heteroatoms. The molecule has 0 nitrogen and oxygen atoms in total. The topological polar surface area (TPSA) is 0 Å². The van der Waals surface area contributed by atoms with Crippen LogP contribution in [0.4, 0.5) is 8.78 Å². The van der Waals surface area contributed by atoms with Crippen LogP contribution in [0.2, 0.25) is 0 Å². The van der Waals surface area contributed by atoms with Crippen LogP contribution in [0.3, 0.4) is 0 Å². The molecule has 0 spiro atoms. The van der Waals surface area contributed by atoms with Gasteiger partial charge in [-0.3, -0.25) is 0 Å². The maximum absolute atomic E-state index is 13.3. The van der Waals surface area contributed by atoms with Gasteiger partial charge in [-0.05, 0) is 92.7 Å². The summed E-state index contributed by atoms with van der Waals surface area (Å²) < 4.78 is 26.3. The van der Waals surface area contributed by atoms with Crippen LogP contribution in [0.5, 0.6) is 0 Å². The van der Waals surface area contributed by atoms with Gasteiger partial charge in [0.15, 0.2) is 11.6 Å². The van der Waals surface area contributed by atoms with E-state index in [4.69, 9.17) is 0 Å². The molecular formula is C22H30F2. The summed E-state index contributed by atoms with van der Waals surface area (Å²) in [6, 6.07) is 4.37. The van der Waals surface area contributed by atoms with E-state index in [1.807, 2.05) is 0 Å². The lowest BCUT2D eigenvalue weighted by molar-refractivity contribution is 0.201. The number of hydrogen-bond donors (Lipinski definition) is 0. The minimum atomic E-state index is -0.742. The Kier molecular flexibility index (Phi) is 6.08. The molecule has 0 unspecified atom stereocenters. The molecule has 0 bridgehead atoms. The van der Waals surface area contributed by atoms with Crippen molar-refractivity contribution in [3.63, 3.8) is 0 Å². The van der Waals surface area contributed by atoms with Crippen LogP contribution in [0.25, 0.3) is 0 Å². The maximum atomic E-state index is 13.3. The van der Waals surface area contributed by atoms with Crippen molar-refractivity contribution in [2.45, 2.75) is 64.2 Å². The van der Waals surface area contributed by atoms with Gasteiger partial charge in [-0.15, -0.1) is 6.58 Å². The number of benzene rings is 1. The molecule has 0 heterocycles. The van der Waals surface area contributed by atoms with E-state index in [-0.39, 0.29) is 0 Å². The van der Waals surface area contributed by atoms with Crippen LogP contribution >= 0.6 is 0 Å². The maximum Gasteiger partial charge on any atom is 0.159 e. The van der Waals surface area contributed by atoms with Crippen molar-refractivity contribution < 1.29 is 8.78 Å². The monoisotopic (exact) mass is 332 g/mol. The average molecular weight is 332 g/mol. The summed E-state index contributed by atoms with van der Waals surface area (Å²) in [6.45, 7) is 3.93. The highest BCUT2D eigenvalue weighted by Crippen LogP contribution is 2.39. The zero-order valence-corrected chi connectivity index (χ0v) is 14.7. The van der Waals surface area contributed by atoms with E-state index in [0.717, 1.165) is 29.7 Å². The standard InChI is InChI=1S/C22H30F2/c1-2-16-3-5-17(6-4-16)13-18-7-9-19(10-8-18)14-20-11-12-21(23)22(24)15-20/h2,11-12,15-19H,1,3-10,13-14H2. The first kappa shape index (κ1) is 17.6. The van der Waals surface area contributed by atoms with E-state index >= 15 is 0 Å². The van der Waals surface area contributed by atoms with E-state index in [2.05, 4.69) is 12.7 Å². The number of hydrogen-bond acceptors (Lipinski definition) is 0. The third kappa shape index (κ3) is 4.68. The first-order valence-electron chi connectivity index (χ1n) is 9.70. The third-order valence-electron chi connectivity index (χ3n) is 6.37. The first-order valence-corrected chi connectivity index (χ1v) is 9.70.